The number of nitrogens with two attached hydrogens (primary N) is 1. The van der Waals surface area contributed by atoms with Gasteiger partial charge < -0.3 is 16.0 Å². The van der Waals surface area contributed by atoms with Crippen molar-refractivity contribution in [2.45, 2.75) is 56.4 Å². The minimum Gasteiger partial charge on any atom is -0.356 e. The summed E-state index contributed by atoms with van der Waals surface area (Å²) in [7, 11) is -3.18. The number of carbonyl (C=O) groups is 2. The van der Waals surface area contributed by atoms with E-state index in [0.29, 0.717) is 28.9 Å². The van der Waals surface area contributed by atoms with E-state index in [1.807, 2.05) is 0 Å². The van der Waals surface area contributed by atoms with Crippen LogP contribution >= 0.6 is 0 Å². The third kappa shape index (κ3) is 7.42. The van der Waals surface area contributed by atoms with Gasteiger partial charge in [0.15, 0.2) is 0 Å². The fourth-order valence-electron chi connectivity index (χ4n) is 4.72. The van der Waals surface area contributed by atoms with Gasteiger partial charge >= 0.3 is 0 Å². The molecule has 1 aliphatic rings. The van der Waals surface area contributed by atoms with Crippen LogP contribution in [-0.2, 0) is 14.5 Å². The van der Waals surface area contributed by atoms with Gasteiger partial charge in [0.25, 0.3) is 11.8 Å². The summed E-state index contributed by atoms with van der Waals surface area (Å²) < 4.78 is 45.6. The maximum Gasteiger partial charge on any atom is 0.273 e. The second kappa shape index (κ2) is 12.2. The van der Waals surface area contributed by atoms with Crippen molar-refractivity contribution in [3.63, 3.8) is 0 Å². The van der Waals surface area contributed by atoms with E-state index in [2.05, 4.69) is 20.7 Å². The molecule has 1 saturated heterocycles. The Morgan fingerprint density at radius 3 is 2.51 bits per heavy atom. The Labute approximate surface area is 250 Å². The molecular formula is C31H34F2N6O3S. The monoisotopic (exact) mass is 608 g/mol. The first-order chi connectivity index (χ1) is 20.1. The smallest absolute Gasteiger partial charge is 0.273 e. The summed E-state index contributed by atoms with van der Waals surface area (Å²) in [5.41, 5.74) is 7.44. The number of rotatable bonds is 6. The molecule has 0 aliphatic carbocycles. The topological polar surface area (TPSA) is 142 Å². The molecule has 12 heteroatoms. The lowest BCUT2D eigenvalue weighted by atomic mass is 9.97. The van der Waals surface area contributed by atoms with Crippen molar-refractivity contribution in [1.82, 2.24) is 4.98 Å². The number of hydrogen-bond donors (Lipinski definition) is 2. The fourth-order valence-corrected chi connectivity index (χ4v) is 6.06. The van der Waals surface area contributed by atoms with Crippen molar-refractivity contribution in [3.05, 3.63) is 71.4 Å². The standard InChI is InChI=1S/C31H34F2N6O3S/c1-20-25(22-11-9-21(18-34)10-12-22)19-36-27(39-15-6-13-31(32,33)14-16-39)26(20)28(40)37-23-7-5-8-24(17-23)43(4,42)38-29(41)30(2,3)35/h5,7-12,17,19H,6,13-16,35H2,1-4H3,(H,37,40)/t43-/m1/s1. The van der Waals surface area contributed by atoms with Crippen molar-refractivity contribution < 1.29 is 22.6 Å². The van der Waals surface area contributed by atoms with Crippen LogP contribution in [-0.4, -0.2) is 51.8 Å². The first-order valence-corrected chi connectivity index (χ1v) is 15.6. The van der Waals surface area contributed by atoms with Crippen molar-refractivity contribution in [1.29, 1.82) is 5.26 Å². The third-order valence-corrected chi connectivity index (χ3v) is 8.87. The summed E-state index contributed by atoms with van der Waals surface area (Å²) in [6.45, 7) is 5.02. The second-order valence-electron chi connectivity index (χ2n) is 11.3. The number of aromatic nitrogens is 1. The Morgan fingerprint density at radius 2 is 1.86 bits per heavy atom. The number of carbonyl (C=O) groups excluding carboxylic acids is 2. The largest absolute Gasteiger partial charge is 0.356 e. The van der Waals surface area contributed by atoms with Crippen LogP contribution in [0, 0.1) is 18.3 Å². The van der Waals surface area contributed by atoms with Crippen LogP contribution < -0.4 is 16.0 Å². The van der Waals surface area contributed by atoms with E-state index in [4.69, 9.17) is 5.73 Å². The molecule has 1 aliphatic heterocycles. The van der Waals surface area contributed by atoms with E-state index >= 15 is 0 Å². The van der Waals surface area contributed by atoms with Gasteiger partial charge in [0, 0.05) is 54.5 Å². The molecule has 0 bridgehead atoms. The normalized spacial score (nSPS) is 16.4. The van der Waals surface area contributed by atoms with Crippen LogP contribution in [0.25, 0.3) is 11.1 Å². The Bertz CT molecular complexity index is 1720. The molecule has 3 N–H and O–H groups in total. The van der Waals surface area contributed by atoms with Gasteiger partial charge in [0.2, 0.25) is 5.92 Å². The first kappa shape index (κ1) is 31.7. The molecule has 0 unspecified atom stereocenters. The number of nitriles is 1. The van der Waals surface area contributed by atoms with E-state index in [1.165, 1.54) is 26.2 Å². The highest BCUT2D eigenvalue weighted by atomic mass is 32.2. The van der Waals surface area contributed by atoms with Crippen LogP contribution in [0.3, 0.4) is 0 Å². The summed E-state index contributed by atoms with van der Waals surface area (Å²) in [6.07, 6.45) is 2.56. The van der Waals surface area contributed by atoms with Gasteiger partial charge in [-0.2, -0.15) is 9.62 Å². The van der Waals surface area contributed by atoms with Gasteiger partial charge in [-0.15, -0.1) is 0 Å². The van der Waals surface area contributed by atoms with Gasteiger partial charge in [-0.25, -0.2) is 18.0 Å². The van der Waals surface area contributed by atoms with Gasteiger partial charge in [-0.3, -0.25) is 9.59 Å². The number of alkyl halides is 2. The Hall–Kier alpha value is -4.21. The predicted octanol–water partition coefficient (Wildman–Crippen LogP) is 5.53. The molecule has 9 nitrogen and oxygen atoms in total. The van der Waals surface area contributed by atoms with E-state index < -0.39 is 33.0 Å². The van der Waals surface area contributed by atoms with E-state index in [1.54, 1.807) is 60.5 Å². The van der Waals surface area contributed by atoms with Crippen LogP contribution in [0.1, 0.15) is 54.6 Å². The molecule has 1 aromatic heterocycles. The molecule has 0 spiro atoms. The van der Waals surface area contributed by atoms with Gasteiger partial charge in [0.1, 0.15) is 5.82 Å². The molecule has 2 amide bonds. The number of nitrogens with one attached hydrogen (secondary N) is 1. The number of benzene rings is 2. The molecule has 1 fully saturated rings. The Balaban J connectivity index is 1.76. The maximum absolute atomic E-state index is 14.2. The molecule has 3 aromatic rings. The molecule has 2 aromatic carbocycles. The summed E-state index contributed by atoms with van der Waals surface area (Å²) >= 11 is 0. The predicted molar refractivity (Wildman–Crippen MR) is 163 cm³/mol. The molecule has 4 rings (SSSR count). The van der Waals surface area contributed by atoms with Gasteiger partial charge in [-0.05, 0) is 68.7 Å². The van der Waals surface area contributed by atoms with E-state index in [9.17, 15) is 27.8 Å². The molecule has 2 heterocycles. The summed E-state index contributed by atoms with van der Waals surface area (Å²) in [4.78, 5) is 32.8. The second-order valence-corrected chi connectivity index (χ2v) is 13.5. The minimum absolute atomic E-state index is 0.0241. The summed E-state index contributed by atoms with van der Waals surface area (Å²) in [6, 6.07) is 15.1. The SMILES string of the molecule is Cc1c(-c2ccc(C#N)cc2)cnc(N2CCCC(F)(F)CC2)c1C(=O)Nc1cccc([S@@](C)(=O)=NC(=O)C(C)(C)N)c1. The zero-order chi connectivity index (χ0) is 31.6. The van der Waals surface area contributed by atoms with Crippen molar-refractivity contribution in [2.24, 2.45) is 10.1 Å². The van der Waals surface area contributed by atoms with Gasteiger partial charge in [-0.1, -0.05) is 18.2 Å². The lowest BCUT2D eigenvalue weighted by molar-refractivity contribution is -0.121. The number of hydrogen-bond acceptors (Lipinski definition) is 7. The zero-order valence-electron chi connectivity index (χ0n) is 24.5. The van der Waals surface area contributed by atoms with Crippen molar-refractivity contribution >= 4 is 33.0 Å². The van der Waals surface area contributed by atoms with Crippen LogP contribution in [0.4, 0.5) is 20.3 Å². The summed E-state index contributed by atoms with van der Waals surface area (Å²) in [5, 5.41) is 12.0. The molecule has 1 atom stereocenters. The van der Waals surface area contributed by atoms with E-state index in [-0.39, 0.29) is 42.1 Å². The van der Waals surface area contributed by atoms with Crippen LogP contribution in [0.2, 0.25) is 0 Å². The highest BCUT2D eigenvalue weighted by molar-refractivity contribution is 7.93. The Morgan fingerprint density at radius 1 is 1.16 bits per heavy atom. The molecule has 0 saturated carbocycles. The number of halogens is 2. The lowest BCUT2D eigenvalue weighted by Crippen LogP contribution is -2.40. The number of anilines is 2. The number of amides is 2. The van der Waals surface area contributed by atoms with Crippen molar-refractivity contribution in [3.8, 4) is 17.2 Å². The number of nitrogens with zero attached hydrogens (tertiary/aromatic N) is 4. The average Bonchev–Trinajstić information content (AvgIpc) is 3.12. The summed E-state index contributed by atoms with van der Waals surface area (Å²) in [5.74, 6) is -3.77. The first-order valence-electron chi connectivity index (χ1n) is 13.7. The molecule has 0 radical (unpaired) electrons. The zero-order valence-corrected chi connectivity index (χ0v) is 25.3. The lowest BCUT2D eigenvalue weighted by Gasteiger charge is -2.26. The quantitative estimate of drug-likeness (QED) is 0.375. The van der Waals surface area contributed by atoms with Crippen LogP contribution in [0.15, 0.2) is 64.0 Å². The number of pyridine rings is 1. The van der Waals surface area contributed by atoms with Gasteiger partial charge in [0.05, 0.1) is 32.5 Å². The van der Waals surface area contributed by atoms with Crippen molar-refractivity contribution in [2.75, 3.05) is 29.6 Å². The maximum atomic E-state index is 14.2. The molecular weight excluding hydrogens is 574 g/mol. The average molecular weight is 609 g/mol. The third-order valence-electron chi connectivity index (χ3n) is 7.23. The molecule has 226 valence electrons. The highest BCUT2D eigenvalue weighted by Crippen LogP contribution is 2.35. The minimum atomic E-state index is -3.18. The molecule has 43 heavy (non-hydrogen) atoms. The van der Waals surface area contributed by atoms with Crippen LogP contribution in [0.5, 0.6) is 0 Å². The highest BCUT2D eigenvalue weighted by Gasteiger charge is 2.34. The van der Waals surface area contributed by atoms with E-state index in [0.717, 1.165) is 5.56 Å². The Kier molecular flexibility index (Phi) is 8.99. The fraction of sp³-hybridized carbons (Fsp3) is 0.355.